The zero-order valence-electron chi connectivity index (χ0n) is 16.7. The summed E-state index contributed by atoms with van der Waals surface area (Å²) in [5.41, 5.74) is 0.833. The molecule has 1 atom stereocenters. The summed E-state index contributed by atoms with van der Waals surface area (Å²) in [6.45, 7) is 5.89. The number of rotatable bonds is 5. The fraction of sp³-hybridized carbons (Fsp3) is 0.571. The van der Waals surface area contributed by atoms with Crippen molar-refractivity contribution in [2.24, 2.45) is 5.92 Å². The molecule has 1 aromatic carbocycles. The molecule has 0 unspecified atom stereocenters. The molecule has 7 nitrogen and oxygen atoms in total. The van der Waals surface area contributed by atoms with E-state index < -0.39 is 5.97 Å². The molecule has 0 bridgehead atoms. The third-order valence-electron chi connectivity index (χ3n) is 5.42. The molecule has 0 spiro atoms. The molecule has 1 aromatic rings. The number of amides is 2. The minimum Gasteiger partial charge on any atom is -0.465 e. The van der Waals surface area contributed by atoms with Gasteiger partial charge in [-0.1, -0.05) is 19.9 Å². The second-order valence-corrected chi connectivity index (χ2v) is 7.86. The highest BCUT2D eigenvalue weighted by Gasteiger charge is 2.40. The summed E-state index contributed by atoms with van der Waals surface area (Å²) in [7, 11) is 1.32. The van der Waals surface area contributed by atoms with E-state index in [0.717, 1.165) is 19.3 Å². The molecule has 152 valence electrons. The summed E-state index contributed by atoms with van der Waals surface area (Å²) in [5.74, 6) is -0.0743. The monoisotopic (exact) mass is 388 g/mol. The summed E-state index contributed by atoms with van der Waals surface area (Å²) < 4.78 is 10.0. The number of likely N-dealkylation sites (tertiary alicyclic amines) is 1. The van der Waals surface area contributed by atoms with Gasteiger partial charge in [0.2, 0.25) is 0 Å². The normalized spacial score (nSPS) is 20.4. The molecule has 2 amide bonds. The van der Waals surface area contributed by atoms with Crippen LogP contribution in [0.4, 0.5) is 4.79 Å². The van der Waals surface area contributed by atoms with E-state index in [1.165, 1.54) is 7.11 Å². The molecular weight excluding hydrogens is 360 g/mol. The molecule has 2 aliphatic rings. The minimum atomic E-state index is -0.461. The Balaban J connectivity index is 1.63. The van der Waals surface area contributed by atoms with Crippen LogP contribution in [0.2, 0.25) is 0 Å². The lowest BCUT2D eigenvalue weighted by Crippen LogP contribution is -2.50. The molecule has 3 rings (SSSR count). The van der Waals surface area contributed by atoms with Gasteiger partial charge in [-0.25, -0.2) is 9.59 Å². The summed E-state index contributed by atoms with van der Waals surface area (Å²) in [6.07, 6.45) is 2.14. The first-order valence-electron chi connectivity index (χ1n) is 9.83. The van der Waals surface area contributed by atoms with Crippen molar-refractivity contribution in [1.82, 2.24) is 9.80 Å². The Kier molecular flexibility index (Phi) is 6.21. The Bertz CT molecular complexity index is 740. The Morgan fingerprint density at radius 2 is 1.89 bits per heavy atom. The molecule has 2 saturated heterocycles. The van der Waals surface area contributed by atoms with Gasteiger partial charge in [-0.15, -0.1) is 0 Å². The largest absolute Gasteiger partial charge is 0.465 e. The molecule has 0 radical (unpaired) electrons. The highest BCUT2D eigenvalue weighted by atomic mass is 16.6. The summed E-state index contributed by atoms with van der Waals surface area (Å²) >= 11 is 0. The van der Waals surface area contributed by atoms with Crippen LogP contribution in [-0.2, 0) is 9.47 Å². The minimum absolute atomic E-state index is 0.101. The number of esters is 1. The van der Waals surface area contributed by atoms with Crippen molar-refractivity contribution in [3.05, 3.63) is 35.4 Å². The number of hydrogen-bond donors (Lipinski definition) is 0. The molecule has 2 fully saturated rings. The maximum Gasteiger partial charge on any atom is 0.410 e. The Hall–Kier alpha value is -2.57. The van der Waals surface area contributed by atoms with Gasteiger partial charge in [0.05, 0.1) is 18.7 Å². The third kappa shape index (κ3) is 4.29. The van der Waals surface area contributed by atoms with Crippen LogP contribution in [-0.4, -0.2) is 66.7 Å². The first kappa shape index (κ1) is 20.2. The lowest BCUT2D eigenvalue weighted by Gasteiger charge is -2.38. The average molecular weight is 388 g/mol. The van der Waals surface area contributed by atoms with E-state index in [4.69, 9.17) is 9.47 Å². The standard InChI is InChI=1S/C21H28N2O5/c1-14(2)11-18-13-28-21(26)23(18)17-7-9-22(10-8-17)19(24)15-5-4-6-16(12-15)20(25)27-3/h4-6,12,14,17-18H,7-11,13H2,1-3H3/t18-/m1/s1. The van der Waals surface area contributed by atoms with Crippen LogP contribution in [0.15, 0.2) is 24.3 Å². The second kappa shape index (κ2) is 8.63. The number of methoxy groups -OCH3 is 1. The third-order valence-corrected chi connectivity index (χ3v) is 5.42. The number of nitrogens with zero attached hydrogens (tertiary/aromatic N) is 2. The van der Waals surface area contributed by atoms with Crippen LogP contribution in [0.1, 0.15) is 53.8 Å². The van der Waals surface area contributed by atoms with Gasteiger partial charge in [-0.3, -0.25) is 9.69 Å². The van der Waals surface area contributed by atoms with Crippen molar-refractivity contribution in [3.8, 4) is 0 Å². The van der Waals surface area contributed by atoms with Crippen LogP contribution < -0.4 is 0 Å². The topological polar surface area (TPSA) is 76.2 Å². The lowest BCUT2D eigenvalue weighted by atomic mass is 9.97. The van der Waals surface area contributed by atoms with Crippen molar-refractivity contribution >= 4 is 18.0 Å². The van der Waals surface area contributed by atoms with Crippen LogP contribution in [0.5, 0.6) is 0 Å². The number of piperidine rings is 1. The summed E-state index contributed by atoms with van der Waals surface area (Å²) in [6, 6.07) is 6.81. The van der Waals surface area contributed by atoms with E-state index in [1.807, 2.05) is 4.90 Å². The van der Waals surface area contributed by atoms with Gasteiger partial charge in [-0.05, 0) is 43.4 Å². The molecule has 28 heavy (non-hydrogen) atoms. The molecule has 0 aliphatic carbocycles. The highest BCUT2D eigenvalue weighted by molar-refractivity contribution is 5.98. The van der Waals surface area contributed by atoms with Gasteiger partial charge in [0.1, 0.15) is 6.61 Å². The molecule has 0 aromatic heterocycles. The maximum absolute atomic E-state index is 12.8. The Morgan fingerprint density at radius 1 is 1.21 bits per heavy atom. The predicted molar refractivity (Wildman–Crippen MR) is 103 cm³/mol. The van der Waals surface area contributed by atoms with E-state index >= 15 is 0 Å². The second-order valence-electron chi connectivity index (χ2n) is 7.86. The van der Waals surface area contributed by atoms with Gasteiger partial charge in [0.15, 0.2) is 0 Å². The molecule has 7 heteroatoms. The van der Waals surface area contributed by atoms with E-state index in [0.29, 0.717) is 36.7 Å². The number of carbonyl (C=O) groups is 3. The number of cyclic esters (lactones) is 1. The van der Waals surface area contributed by atoms with Crippen LogP contribution in [0.25, 0.3) is 0 Å². The van der Waals surface area contributed by atoms with E-state index in [9.17, 15) is 14.4 Å². The van der Waals surface area contributed by atoms with Crippen LogP contribution in [0, 0.1) is 5.92 Å². The zero-order valence-corrected chi connectivity index (χ0v) is 16.7. The van der Waals surface area contributed by atoms with Crippen LogP contribution in [0.3, 0.4) is 0 Å². The van der Waals surface area contributed by atoms with Gasteiger partial charge in [0.25, 0.3) is 5.91 Å². The highest BCUT2D eigenvalue weighted by Crippen LogP contribution is 2.27. The predicted octanol–water partition coefficient (Wildman–Crippen LogP) is 2.94. The lowest BCUT2D eigenvalue weighted by molar-refractivity contribution is 0.0600. The van der Waals surface area contributed by atoms with Crippen molar-refractivity contribution < 1.29 is 23.9 Å². The maximum atomic E-state index is 12.8. The quantitative estimate of drug-likeness (QED) is 0.725. The summed E-state index contributed by atoms with van der Waals surface area (Å²) in [5, 5.41) is 0. The smallest absolute Gasteiger partial charge is 0.410 e. The van der Waals surface area contributed by atoms with Gasteiger partial charge < -0.3 is 14.4 Å². The fourth-order valence-electron chi connectivity index (χ4n) is 4.07. The van der Waals surface area contributed by atoms with E-state index in [-0.39, 0.29) is 24.1 Å². The van der Waals surface area contributed by atoms with Crippen molar-refractivity contribution in [2.75, 3.05) is 26.8 Å². The molecular formula is C21H28N2O5. The number of ether oxygens (including phenoxy) is 2. The van der Waals surface area contributed by atoms with Gasteiger partial charge in [-0.2, -0.15) is 0 Å². The molecule has 0 N–H and O–H groups in total. The molecule has 2 aliphatic heterocycles. The zero-order chi connectivity index (χ0) is 20.3. The summed E-state index contributed by atoms with van der Waals surface area (Å²) in [4.78, 5) is 40.4. The SMILES string of the molecule is COC(=O)c1cccc(C(=O)N2CCC(N3C(=O)OC[C@H]3CC(C)C)CC2)c1. The van der Waals surface area contributed by atoms with Crippen molar-refractivity contribution in [2.45, 2.75) is 45.2 Å². The van der Waals surface area contributed by atoms with E-state index in [1.54, 1.807) is 29.2 Å². The van der Waals surface area contributed by atoms with E-state index in [2.05, 4.69) is 13.8 Å². The number of carbonyl (C=O) groups excluding carboxylic acids is 3. The Morgan fingerprint density at radius 3 is 2.54 bits per heavy atom. The average Bonchev–Trinajstić information content (AvgIpc) is 3.06. The van der Waals surface area contributed by atoms with Gasteiger partial charge in [0, 0.05) is 24.7 Å². The fourth-order valence-corrected chi connectivity index (χ4v) is 4.07. The first-order valence-corrected chi connectivity index (χ1v) is 9.83. The number of hydrogen-bond acceptors (Lipinski definition) is 5. The molecule has 0 saturated carbocycles. The molecule has 2 heterocycles. The van der Waals surface area contributed by atoms with Crippen molar-refractivity contribution in [3.63, 3.8) is 0 Å². The first-order chi connectivity index (χ1) is 13.4. The number of benzene rings is 1. The Labute approximate surface area is 165 Å². The van der Waals surface area contributed by atoms with Crippen LogP contribution >= 0.6 is 0 Å². The van der Waals surface area contributed by atoms with Crippen molar-refractivity contribution in [1.29, 1.82) is 0 Å². The van der Waals surface area contributed by atoms with Gasteiger partial charge >= 0.3 is 12.1 Å².